The van der Waals surface area contributed by atoms with Crippen LogP contribution >= 0.6 is 0 Å². The lowest BCUT2D eigenvalue weighted by atomic mass is 10.5. The second kappa shape index (κ2) is 3.42. The molecule has 0 atom stereocenters. The van der Waals surface area contributed by atoms with Gasteiger partial charge in [0.05, 0.1) is 0 Å². The van der Waals surface area contributed by atoms with Crippen LogP contribution in [0.15, 0.2) is 0 Å². The van der Waals surface area contributed by atoms with E-state index >= 15 is 0 Å². The number of hydrogen-bond donors (Lipinski definition) is 3. The number of aliphatic carboxylic acids is 1. The summed E-state index contributed by atoms with van der Waals surface area (Å²) in [5.41, 5.74) is 0. The van der Waals surface area contributed by atoms with Crippen LogP contribution in [-0.4, -0.2) is 44.2 Å². The summed E-state index contributed by atoms with van der Waals surface area (Å²) in [6.07, 6.45) is 0. The standard InChI is InChI=1S/C4H5N5O3/c10-2(11)1-5-4(12)3-6-8-9-7-3/h1H2,(H,5,12)(H,10,11)(H,6,7,8,9). The van der Waals surface area contributed by atoms with Crippen LogP contribution in [0.5, 0.6) is 0 Å². The number of tetrazole rings is 1. The molecule has 0 saturated heterocycles. The quantitative estimate of drug-likeness (QED) is 0.484. The van der Waals surface area contributed by atoms with Crippen molar-refractivity contribution in [3.63, 3.8) is 0 Å². The Morgan fingerprint density at radius 3 is 2.83 bits per heavy atom. The second-order valence-electron chi connectivity index (χ2n) is 1.81. The maximum Gasteiger partial charge on any atom is 0.322 e. The third-order valence-electron chi connectivity index (χ3n) is 0.949. The molecule has 0 fully saturated rings. The van der Waals surface area contributed by atoms with Gasteiger partial charge >= 0.3 is 5.97 Å². The molecule has 0 bridgehead atoms. The van der Waals surface area contributed by atoms with Crippen molar-refractivity contribution in [1.29, 1.82) is 0 Å². The predicted molar refractivity (Wildman–Crippen MR) is 34.1 cm³/mol. The topological polar surface area (TPSA) is 121 Å². The molecule has 8 heteroatoms. The van der Waals surface area contributed by atoms with Crippen molar-refractivity contribution in [2.24, 2.45) is 0 Å². The van der Waals surface area contributed by atoms with Crippen molar-refractivity contribution < 1.29 is 14.7 Å². The van der Waals surface area contributed by atoms with E-state index in [0.29, 0.717) is 0 Å². The molecular weight excluding hydrogens is 166 g/mol. The molecular formula is C4H5N5O3. The Balaban J connectivity index is 2.45. The van der Waals surface area contributed by atoms with E-state index in [2.05, 4.69) is 25.9 Å². The molecule has 64 valence electrons. The predicted octanol–water partition coefficient (Wildman–Crippen LogP) is -1.99. The fourth-order valence-corrected chi connectivity index (χ4v) is 0.493. The zero-order valence-electron chi connectivity index (χ0n) is 5.81. The van der Waals surface area contributed by atoms with Crippen LogP contribution in [0.4, 0.5) is 0 Å². The third kappa shape index (κ3) is 2.01. The molecule has 0 unspecified atom stereocenters. The van der Waals surface area contributed by atoms with Gasteiger partial charge in [0.15, 0.2) is 0 Å². The molecule has 0 spiro atoms. The van der Waals surface area contributed by atoms with Crippen molar-refractivity contribution in [1.82, 2.24) is 25.9 Å². The summed E-state index contributed by atoms with van der Waals surface area (Å²) >= 11 is 0. The summed E-state index contributed by atoms with van der Waals surface area (Å²) in [5, 5.41) is 22.1. The van der Waals surface area contributed by atoms with E-state index < -0.39 is 18.4 Å². The van der Waals surface area contributed by atoms with Crippen LogP contribution < -0.4 is 5.32 Å². The van der Waals surface area contributed by atoms with E-state index in [1.807, 2.05) is 0 Å². The Morgan fingerprint density at radius 2 is 2.33 bits per heavy atom. The van der Waals surface area contributed by atoms with Crippen molar-refractivity contribution in [2.75, 3.05) is 6.54 Å². The first kappa shape index (κ1) is 8.11. The van der Waals surface area contributed by atoms with Gasteiger partial charge in [0.1, 0.15) is 6.54 Å². The Bertz CT molecular complexity index is 281. The van der Waals surface area contributed by atoms with E-state index in [4.69, 9.17) is 5.11 Å². The maximum atomic E-state index is 10.9. The maximum absolute atomic E-state index is 10.9. The minimum atomic E-state index is -1.13. The molecule has 0 aliphatic carbocycles. The number of nitrogens with one attached hydrogen (secondary N) is 2. The van der Waals surface area contributed by atoms with E-state index in [-0.39, 0.29) is 5.82 Å². The van der Waals surface area contributed by atoms with E-state index in [1.54, 1.807) is 0 Å². The highest BCUT2D eigenvalue weighted by atomic mass is 16.4. The lowest BCUT2D eigenvalue weighted by Gasteiger charge is -1.94. The molecule has 1 rings (SSSR count). The average Bonchev–Trinajstić information content (AvgIpc) is 2.51. The highest BCUT2D eigenvalue weighted by Crippen LogP contribution is 1.80. The Morgan fingerprint density at radius 1 is 1.58 bits per heavy atom. The first-order chi connectivity index (χ1) is 5.70. The molecule has 8 nitrogen and oxygen atoms in total. The fourth-order valence-electron chi connectivity index (χ4n) is 0.493. The Labute approximate surface area is 66.0 Å². The zero-order valence-corrected chi connectivity index (χ0v) is 5.81. The lowest BCUT2D eigenvalue weighted by Crippen LogP contribution is -2.30. The third-order valence-corrected chi connectivity index (χ3v) is 0.949. The molecule has 1 heterocycles. The summed E-state index contributed by atoms with van der Waals surface area (Å²) in [4.78, 5) is 20.8. The number of H-pyrrole nitrogens is 1. The molecule has 0 saturated carbocycles. The van der Waals surface area contributed by atoms with Crippen LogP contribution in [0.1, 0.15) is 10.6 Å². The van der Waals surface area contributed by atoms with Crippen LogP contribution in [0, 0.1) is 0 Å². The van der Waals surface area contributed by atoms with Crippen LogP contribution in [0.25, 0.3) is 0 Å². The zero-order chi connectivity index (χ0) is 8.97. The van der Waals surface area contributed by atoms with Gasteiger partial charge in [0.2, 0.25) is 0 Å². The average molecular weight is 171 g/mol. The Hall–Kier alpha value is -1.99. The number of carbonyl (C=O) groups is 2. The SMILES string of the molecule is O=C(O)CNC(=O)c1nn[nH]n1. The molecule has 0 aliphatic rings. The second-order valence-corrected chi connectivity index (χ2v) is 1.81. The van der Waals surface area contributed by atoms with Gasteiger partial charge < -0.3 is 10.4 Å². The van der Waals surface area contributed by atoms with Crippen molar-refractivity contribution in [3.8, 4) is 0 Å². The highest BCUT2D eigenvalue weighted by Gasteiger charge is 2.10. The van der Waals surface area contributed by atoms with E-state index in [1.165, 1.54) is 0 Å². The van der Waals surface area contributed by atoms with Gasteiger partial charge in [0, 0.05) is 0 Å². The van der Waals surface area contributed by atoms with Crippen LogP contribution in [-0.2, 0) is 4.79 Å². The van der Waals surface area contributed by atoms with E-state index in [0.717, 1.165) is 0 Å². The van der Waals surface area contributed by atoms with E-state index in [9.17, 15) is 9.59 Å². The number of aromatic amines is 1. The van der Waals surface area contributed by atoms with Gasteiger partial charge in [-0.25, -0.2) is 0 Å². The fraction of sp³-hybridized carbons (Fsp3) is 0.250. The van der Waals surface area contributed by atoms with Gasteiger partial charge in [-0.3, -0.25) is 9.59 Å². The summed E-state index contributed by atoms with van der Waals surface area (Å²) in [6, 6.07) is 0. The minimum Gasteiger partial charge on any atom is -0.480 e. The molecule has 1 aromatic rings. The number of carboxylic acids is 1. The molecule has 0 aliphatic heterocycles. The van der Waals surface area contributed by atoms with Gasteiger partial charge in [-0.1, -0.05) is 0 Å². The normalized spacial score (nSPS) is 9.33. The highest BCUT2D eigenvalue weighted by molar-refractivity contribution is 5.92. The lowest BCUT2D eigenvalue weighted by molar-refractivity contribution is -0.135. The monoisotopic (exact) mass is 171 g/mol. The molecule has 3 N–H and O–H groups in total. The number of amides is 1. The van der Waals surface area contributed by atoms with Crippen molar-refractivity contribution >= 4 is 11.9 Å². The number of aromatic nitrogens is 4. The van der Waals surface area contributed by atoms with Crippen LogP contribution in [0.3, 0.4) is 0 Å². The van der Waals surface area contributed by atoms with Gasteiger partial charge in [-0.15, -0.1) is 10.2 Å². The molecule has 12 heavy (non-hydrogen) atoms. The van der Waals surface area contributed by atoms with Gasteiger partial charge in [-0.2, -0.15) is 5.21 Å². The number of hydrogen-bond acceptors (Lipinski definition) is 5. The Kier molecular flexibility index (Phi) is 2.31. The summed E-state index contributed by atoms with van der Waals surface area (Å²) in [7, 11) is 0. The molecule has 1 aromatic heterocycles. The number of carboxylic acid groups (broad SMARTS) is 1. The smallest absolute Gasteiger partial charge is 0.322 e. The largest absolute Gasteiger partial charge is 0.480 e. The summed E-state index contributed by atoms with van der Waals surface area (Å²) < 4.78 is 0. The van der Waals surface area contributed by atoms with Gasteiger partial charge in [0.25, 0.3) is 11.7 Å². The number of rotatable bonds is 3. The molecule has 0 radical (unpaired) electrons. The number of nitrogens with zero attached hydrogens (tertiary/aromatic N) is 3. The summed E-state index contributed by atoms with van der Waals surface area (Å²) in [6.45, 7) is -0.465. The summed E-state index contributed by atoms with van der Waals surface area (Å²) in [5.74, 6) is -1.99. The van der Waals surface area contributed by atoms with Crippen LogP contribution in [0.2, 0.25) is 0 Å². The first-order valence-electron chi connectivity index (χ1n) is 2.93. The number of carbonyl (C=O) groups excluding carboxylic acids is 1. The molecule has 0 aromatic carbocycles. The van der Waals surface area contributed by atoms with Crippen molar-refractivity contribution in [2.45, 2.75) is 0 Å². The molecule has 1 amide bonds. The van der Waals surface area contributed by atoms with Gasteiger partial charge in [-0.05, 0) is 5.21 Å². The van der Waals surface area contributed by atoms with Crippen molar-refractivity contribution in [3.05, 3.63) is 5.82 Å². The first-order valence-corrected chi connectivity index (χ1v) is 2.93. The minimum absolute atomic E-state index is 0.184.